The number of likely N-dealkylation sites (tertiary alicyclic amines) is 1. The molecule has 1 amide bonds. The maximum absolute atomic E-state index is 12.1. The molecular weight excluding hydrogens is 312 g/mol. The molecule has 1 aromatic rings. The molecule has 1 atom stereocenters. The maximum Gasteiger partial charge on any atom is 0.221 e. The highest BCUT2D eigenvalue weighted by atomic mass is 32.2. The molecule has 1 unspecified atom stereocenters. The van der Waals surface area contributed by atoms with Crippen LogP contribution in [0.5, 0.6) is 0 Å². The summed E-state index contributed by atoms with van der Waals surface area (Å²) in [5, 5.41) is 2.86. The van der Waals surface area contributed by atoms with E-state index in [0.717, 1.165) is 13.1 Å². The van der Waals surface area contributed by atoms with E-state index < -0.39 is 9.84 Å². The van der Waals surface area contributed by atoms with E-state index in [1.54, 1.807) is 30.3 Å². The first-order valence-electron chi connectivity index (χ1n) is 8.27. The number of benzene rings is 1. The summed E-state index contributed by atoms with van der Waals surface area (Å²) in [6.07, 6.45) is 3.72. The lowest BCUT2D eigenvalue weighted by atomic mass is 10.1. The highest BCUT2D eigenvalue weighted by Gasteiger charge is 2.19. The van der Waals surface area contributed by atoms with E-state index in [0.29, 0.717) is 12.6 Å². The monoisotopic (exact) mass is 338 g/mol. The topological polar surface area (TPSA) is 66.5 Å². The minimum absolute atomic E-state index is 0.00392. The van der Waals surface area contributed by atoms with Crippen molar-refractivity contribution in [1.29, 1.82) is 0 Å². The van der Waals surface area contributed by atoms with Crippen LogP contribution in [0.1, 0.15) is 32.6 Å². The molecule has 1 fully saturated rings. The Kier molecular flexibility index (Phi) is 6.59. The fourth-order valence-electron chi connectivity index (χ4n) is 2.81. The molecule has 1 N–H and O–H groups in total. The summed E-state index contributed by atoms with van der Waals surface area (Å²) < 4.78 is 24.3. The molecule has 1 heterocycles. The zero-order chi connectivity index (χ0) is 16.7. The first kappa shape index (κ1) is 17.9. The van der Waals surface area contributed by atoms with Gasteiger partial charge in [-0.25, -0.2) is 8.42 Å². The van der Waals surface area contributed by atoms with Crippen molar-refractivity contribution >= 4 is 15.7 Å². The predicted octanol–water partition coefficient (Wildman–Crippen LogP) is 1.84. The largest absolute Gasteiger partial charge is 0.355 e. The van der Waals surface area contributed by atoms with Crippen LogP contribution in [0.15, 0.2) is 35.2 Å². The number of rotatable bonds is 7. The molecule has 0 bridgehead atoms. The fourth-order valence-corrected chi connectivity index (χ4v) is 4.07. The molecule has 128 valence electrons. The molecule has 0 saturated carbocycles. The van der Waals surface area contributed by atoms with E-state index >= 15 is 0 Å². The van der Waals surface area contributed by atoms with Crippen LogP contribution in [0.4, 0.5) is 0 Å². The molecule has 23 heavy (non-hydrogen) atoms. The number of sulfone groups is 1. The first-order chi connectivity index (χ1) is 11.0. The van der Waals surface area contributed by atoms with Crippen LogP contribution in [-0.4, -0.2) is 50.7 Å². The Bertz CT molecular complexity index is 596. The summed E-state index contributed by atoms with van der Waals surface area (Å²) in [5.41, 5.74) is 0. The molecule has 1 aliphatic heterocycles. The number of nitrogens with zero attached hydrogens (tertiary/aromatic N) is 1. The Morgan fingerprint density at radius 2 is 1.83 bits per heavy atom. The van der Waals surface area contributed by atoms with Crippen LogP contribution in [0, 0.1) is 0 Å². The number of hydrogen-bond donors (Lipinski definition) is 1. The smallest absolute Gasteiger partial charge is 0.221 e. The molecule has 0 radical (unpaired) electrons. The van der Waals surface area contributed by atoms with Gasteiger partial charge in [-0.2, -0.15) is 0 Å². The number of hydrogen-bond acceptors (Lipinski definition) is 4. The van der Waals surface area contributed by atoms with Gasteiger partial charge in [-0.05, 0) is 45.0 Å². The second kappa shape index (κ2) is 8.45. The third-order valence-electron chi connectivity index (χ3n) is 4.31. The van der Waals surface area contributed by atoms with Crippen LogP contribution in [0.2, 0.25) is 0 Å². The maximum atomic E-state index is 12.1. The van der Waals surface area contributed by atoms with E-state index in [9.17, 15) is 13.2 Å². The summed E-state index contributed by atoms with van der Waals surface area (Å²) in [6.45, 7) is 4.84. The molecule has 1 aromatic carbocycles. The molecule has 0 spiro atoms. The Labute approximate surface area is 139 Å². The van der Waals surface area contributed by atoms with E-state index in [2.05, 4.69) is 17.1 Å². The van der Waals surface area contributed by atoms with Crippen molar-refractivity contribution in [2.45, 2.75) is 43.5 Å². The third-order valence-corrected chi connectivity index (χ3v) is 6.04. The van der Waals surface area contributed by atoms with Gasteiger partial charge in [0.05, 0.1) is 10.6 Å². The minimum Gasteiger partial charge on any atom is -0.355 e. The van der Waals surface area contributed by atoms with Crippen LogP contribution < -0.4 is 5.32 Å². The minimum atomic E-state index is -3.39. The van der Waals surface area contributed by atoms with Crippen LogP contribution in [-0.2, 0) is 14.6 Å². The number of amides is 1. The lowest BCUT2D eigenvalue weighted by Crippen LogP contribution is -2.44. The predicted molar refractivity (Wildman–Crippen MR) is 91.0 cm³/mol. The quantitative estimate of drug-likeness (QED) is 0.824. The fraction of sp³-hybridized carbons (Fsp3) is 0.588. The average Bonchev–Trinajstić information content (AvgIpc) is 2.59. The summed E-state index contributed by atoms with van der Waals surface area (Å²) >= 11 is 0. The van der Waals surface area contributed by atoms with Crippen molar-refractivity contribution in [3.8, 4) is 0 Å². The zero-order valence-corrected chi connectivity index (χ0v) is 14.5. The number of piperidine rings is 1. The Morgan fingerprint density at radius 3 is 2.48 bits per heavy atom. The second-order valence-corrected chi connectivity index (χ2v) is 8.24. The Balaban J connectivity index is 1.74. The van der Waals surface area contributed by atoms with E-state index in [4.69, 9.17) is 0 Å². The molecule has 1 aliphatic rings. The van der Waals surface area contributed by atoms with E-state index in [-0.39, 0.29) is 23.0 Å². The van der Waals surface area contributed by atoms with E-state index in [1.807, 2.05) is 0 Å². The molecule has 5 nitrogen and oxygen atoms in total. The van der Waals surface area contributed by atoms with Gasteiger partial charge in [0.2, 0.25) is 5.91 Å². The molecule has 2 rings (SSSR count). The normalized spacial score (nSPS) is 17.6. The van der Waals surface area contributed by atoms with Gasteiger partial charge < -0.3 is 5.32 Å². The molecular formula is C17H26N2O3S. The van der Waals surface area contributed by atoms with Crippen molar-refractivity contribution in [3.63, 3.8) is 0 Å². The van der Waals surface area contributed by atoms with Gasteiger partial charge >= 0.3 is 0 Å². The second-order valence-electron chi connectivity index (χ2n) is 6.13. The average molecular weight is 338 g/mol. The Hall–Kier alpha value is -1.40. The van der Waals surface area contributed by atoms with Crippen LogP contribution in [0.3, 0.4) is 0 Å². The van der Waals surface area contributed by atoms with Crippen molar-refractivity contribution < 1.29 is 13.2 Å². The summed E-state index contributed by atoms with van der Waals surface area (Å²) in [5.74, 6) is -0.352. The van der Waals surface area contributed by atoms with E-state index in [1.165, 1.54) is 19.3 Å². The van der Waals surface area contributed by atoms with Gasteiger partial charge in [-0.15, -0.1) is 0 Å². The highest BCUT2D eigenvalue weighted by Crippen LogP contribution is 2.12. The SMILES string of the molecule is CC(CNC(=O)CCS(=O)(=O)c1ccccc1)N1CCCCC1. The number of carbonyl (C=O) groups is 1. The van der Waals surface area contributed by atoms with Crippen molar-refractivity contribution in [3.05, 3.63) is 30.3 Å². The third kappa shape index (κ3) is 5.62. The molecule has 0 aromatic heterocycles. The standard InChI is InChI=1S/C17H26N2O3S/c1-15(19-11-6-3-7-12-19)14-18-17(20)10-13-23(21,22)16-8-4-2-5-9-16/h2,4-5,8-9,15H,3,6-7,10-14H2,1H3,(H,18,20). The van der Waals surface area contributed by atoms with Gasteiger partial charge in [-0.1, -0.05) is 24.6 Å². The Morgan fingerprint density at radius 1 is 1.17 bits per heavy atom. The molecule has 6 heteroatoms. The van der Waals surface area contributed by atoms with Crippen molar-refractivity contribution in [1.82, 2.24) is 10.2 Å². The van der Waals surface area contributed by atoms with Gasteiger partial charge in [0.1, 0.15) is 0 Å². The highest BCUT2D eigenvalue weighted by molar-refractivity contribution is 7.91. The van der Waals surface area contributed by atoms with Gasteiger partial charge in [-0.3, -0.25) is 9.69 Å². The lowest BCUT2D eigenvalue weighted by Gasteiger charge is -2.32. The number of nitrogens with one attached hydrogen (secondary N) is 1. The van der Waals surface area contributed by atoms with Crippen molar-refractivity contribution in [2.24, 2.45) is 0 Å². The first-order valence-corrected chi connectivity index (χ1v) is 9.93. The number of carbonyl (C=O) groups excluding carboxylic acids is 1. The van der Waals surface area contributed by atoms with Crippen molar-refractivity contribution in [2.75, 3.05) is 25.4 Å². The summed E-state index contributed by atoms with van der Waals surface area (Å²) in [6, 6.07) is 8.57. The lowest BCUT2D eigenvalue weighted by molar-refractivity contribution is -0.120. The van der Waals surface area contributed by atoms with Gasteiger partial charge in [0.15, 0.2) is 9.84 Å². The summed E-state index contributed by atoms with van der Waals surface area (Å²) in [4.78, 5) is 14.6. The zero-order valence-electron chi connectivity index (χ0n) is 13.7. The van der Waals surface area contributed by atoms with Crippen LogP contribution >= 0.6 is 0 Å². The molecule has 0 aliphatic carbocycles. The molecule has 1 saturated heterocycles. The van der Waals surface area contributed by atoms with Gasteiger partial charge in [0, 0.05) is 19.0 Å². The summed E-state index contributed by atoms with van der Waals surface area (Å²) in [7, 11) is -3.39. The van der Waals surface area contributed by atoms with Gasteiger partial charge in [0.25, 0.3) is 0 Å². The van der Waals surface area contributed by atoms with Crippen LogP contribution in [0.25, 0.3) is 0 Å².